The molecule has 0 spiro atoms. The van der Waals surface area contributed by atoms with Crippen LogP contribution in [-0.2, 0) is 4.79 Å². The standard InChI is InChI=1S/C11H18N2OS/c12-10(15)2-1-3-13-11(14)9-5-7-4-8(7)6-9/h7-9H,1-6H2,(H2,12,15)(H,13,14). The Balaban J connectivity index is 1.58. The summed E-state index contributed by atoms with van der Waals surface area (Å²) in [6.07, 6.45) is 5.19. The molecule has 0 bridgehead atoms. The van der Waals surface area contributed by atoms with Crippen LogP contribution >= 0.6 is 12.2 Å². The molecule has 2 atom stereocenters. The molecule has 2 saturated carbocycles. The Morgan fingerprint density at radius 3 is 2.60 bits per heavy atom. The Kier molecular flexibility index (Phi) is 3.24. The maximum absolute atomic E-state index is 11.7. The molecule has 3 nitrogen and oxygen atoms in total. The summed E-state index contributed by atoms with van der Waals surface area (Å²) in [6, 6.07) is 0. The van der Waals surface area contributed by atoms with Crippen LogP contribution < -0.4 is 11.1 Å². The number of thiocarbonyl (C=S) groups is 1. The van der Waals surface area contributed by atoms with E-state index < -0.39 is 0 Å². The SMILES string of the molecule is NC(=S)CCCNC(=O)C1CC2CC2C1. The van der Waals surface area contributed by atoms with Gasteiger partial charge in [0.2, 0.25) is 5.91 Å². The number of hydrogen-bond acceptors (Lipinski definition) is 2. The van der Waals surface area contributed by atoms with Crippen molar-refractivity contribution in [3.63, 3.8) is 0 Å². The Bertz CT molecular complexity index is 270. The first-order valence-electron chi connectivity index (χ1n) is 5.73. The molecule has 1 amide bonds. The van der Waals surface area contributed by atoms with Gasteiger partial charge >= 0.3 is 0 Å². The molecule has 0 aliphatic heterocycles. The molecular formula is C11H18N2OS. The third kappa shape index (κ3) is 2.91. The molecule has 84 valence electrons. The fourth-order valence-electron chi connectivity index (χ4n) is 2.55. The summed E-state index contributed by atoms with van der Waals surface area (Å²) < 4.78 is 0. The van der Waals surface area contributed by atoms with Crippen LogP contribution in [0.4, 0.5) is 0 Å². The molecule has 2 aliphatic carbocycles. The molecule has 2 aliphatic rings. The molecule has 0 heterocycles. The van der Waals surface area contributed by atoms with Gasteiger partial charge in [-0.1, -0.05) is 12.2 Å². The van der Waals surface area contributed by atoms with Crippen molar-refractivity contribution >= 4 is 23.1 Å². The van der Waals surface area contributed by atoms with Crippen molar-refractivity contribution in [3.05, 3.63) is 0 Å². The number of carbonyl (C=O) groups is 1. The van der Waals surface area contributed by atoms with Crippen LogP contribution in [0.3, 0.4) is 0 Å². The van der Waals surface area contributed by atoms with Crippen molar-refractivity contribution < 1.29 is 4.79 Å². The summed E-state index contributed by atoms with van der Waals surface area (Å²) >= 11 is 4.77. The lowest BCUT2D eigenvalue weighted by atomic mass is 10.0. The molecule has 3 N–H and O–H groups in total. The second-order valence-corrected chi connectivity index (χ2v) is 5.31. The Morgan fingerprint density at radius 2 is 2.00 bits per heavy atom. The molecule has 2 unspecified atom stereocenters. The summed E-state index contributed by atoms with van der Waals surface area (Å²) in [5.74, 6) is 2.28. The maximum atomic E-state index is 11.7. The van der Waals surface area contributed by atoms with Gasteiger partial charge in [-0.15, -0.1) is 0 Å². The van der Waals surface area contributed by atoms with E-state index in [0.717, 1.165) is 37.5 Å². The molecule has 2 rings (SSSR count). The normalized spacial score (nSPS) is 32.1. The third-order valence-electron chi connectivity index (χ3n) is 3.51. The first-order valence-corrected chi connectivity index (χ1v) is 6.13. The number of amides is 1. The molecule has 0 aromatic heterocycles. The maximum Gasteiger partial charge on any atom is 0.223 e. The first kappa shape index (κ1) is 10.9. The van der Waals surface area contributed by atoms with Crippen LogP contribution in [0.1, 0.15) is 32.1 Å². The summed E-state index contributed by atoms with van der Waals surface area (Å²) in [4.78, 5) is 12.2. The van der Waals surface area contributed by atoms with Gasteiger partial charge in [0.25, 0.3) is 0 Å². The van der Waals surface area contributed by atoms with Gasteiger partial charge in [0.15, 0.2) is 0 Å². The zero-order valence-electron chi connectivity index (χ0n) is 8.87. The zero-order valence-corrected chi connectivity index (χ0v) is 9.69. The van der Waals surface area contributed by atoms with Crippen molar-refractivity contribution in [3.8, 4) is 0 Å². The van der Waals surface area contributed by atoms with Crippen LogP contribution in [0.5, 0.6) is 0 Å². The van der Waals surface area contributed by atoms with Crippen LogP contribution in [0.25, 0.3) is 0 Å². The van der Waals surface area contributed by atoms with Gasteiger partial charge < -0.3 is 11.1 Å². The predicted molar refractivity (Wildman–Crippen MR) is 63.4 cm³/mol. The number of rotatable bonds is 5. The molecule has 0 radical (unpaired) electrons. The molecular weight excluding hydrogens is 208 g/mol. The van der Waals surface area contributed by atoms with Crippen LogP contribution in [0, 0.1) is 17.8 Å². The van der Waals surface area contributed by atoms with E-state index >= 15 is 0 Å². The van der Waals surface area contributed by atoms with Crippen molar-refractivity contribution in [2.75, 3.05) is 6.54 Å². The monoisotopic (exact) mass is 226 g/mol. The van der Waals surface area contributed by atoms with E-state index in [-0.39, 0.29) is 5.91 Å². The van der Waals surface area contributed by atoms with E-state index in [1.807, 2.05) is 0 Å². The quantitative estimate of drug-likeness (QED) is 0.547. The minimum absolute atomic E-state index is 0.241. The van der Waals surface area contributed by atoms with Crippen LogP contribution in [-0.4, -0.2) is 17.4 Å². The second-order valence-electron chi connectivity index (χ2n) is 4.79. The highest BCUT2D eigenvalue weighted by molar-refractivity contribution is 7.80. The van der Waals surface area contributed by atoms with Gasteiger partial charge in [0, 0.05) is 12.5 Å². The lowest BCUT2D eigenvalue weighted by Crippen LogP contribution is -2.31. The van der Waals surface area contributed by atoms with E-state index in [2.05, 4.69) is 5.32 Å². The van der Waals surface area contributed by atoms with Crippen molar-refractivity contribution in [1.29, 1.82) is 0 Å². The van der Waals surface area contributed by atoms with Crippen LogP contribution in [0.15, 0.2) is 0 Å². The highest BCUT2D eigenvalue weighted by atomic mass is 32.1. The Hall–Kier alpha value is -0.640. The topological polar surface area (TPSA) is 55.1 Å². The zero-order chi connectivity index (χ0) is 10.8. The van der Waals surface area contributed by atoms with Gasteiger partial charge in [-0.05, 0) is 43.9 Å². The Morgan fingerprint density at radius 1 is 1.33 bits per heavy atom. The summed E-state index contributed by atoms with van der Waals surface area (Å²) in [5, 5.41) is 2.97. The van der Waals surface area contributed by atoms with Gasteiger partial charge in [-0.2, -0.15) is 0 Å². The fraction of sp³-hybridized carbons (Fsp3) is 0.818. The van der Waals surface area contributed by atoms with E-state index in [9.17, 15) is 4.79 Å². The van der Waals surface area contributed by atoms with Crippen molar-refractivity contribution in [2.45, 2.75) is 32.1 Å². The summed E-state index contributed by atoms with van der Waals surface area (Å²) in [5.41, 5.74) is 5.37. The first-order chi connectivity index (χ1) is 7.16. The fourth-order valence-corrected chi connectivity index (χ4v) is 2.69. The highest BCUT2D eigenvalue weighted by Gasteiger charge is 2.47. The lowest BCUT2D eigenvalue weighted by molar-refractivity contribution is -0.125. The number of nitrogens with two attached hydrogens (primary N) is 1. The molecule has 2 fully saturated rings. The number of hydrogen-bond donors (Lipinski definition) is 2. The minimum Gasteiger partial charge on any atom is -0.393 e. The number of fused-ring (bicyclic) bond motifs is 1. The Labute approximate surface area is 95.8 Å². The average Bonchev–Trinajstić information content (AvgIpc) is 2.80. The molecule has 4 heteroatoms. The smallest absolute Gasteiger partial charge is 0.223 e. The van der Waals surface area contributed by atoms with Gasteiger partial charge in [0.05, 0.1) is 4.99 Å². The lowest BCUT2D eigenvalue weighted by Gasteiger charge is -2.11. The molecule has 0 aromatic rings. The van der Waals surface area contributed by atoms with E-state index in [0.29, 0.717) is 17.5 Å². The van der Waals surface area contributed by atoms with Crippen molar-refractivity contribution in [2.24, 2.45) is 23.5 Å². The summed E-state index contributed by atoms with van der Waals surface area (Å²) in [6.45, 7) is 0.710. The second kappa shape index (κ2) is 4.47. The van der Waals surface area contributed by atoms with Gasteiger partial charge in [-0.3, -0.25) is 4.79 Å². The van der Waals surface area contributed by atoms with Crippen LogP contribution in [0.2, 0.25) is 0 Å². The van der Waals surface area contributed by atoms with Gasteiger partial charge in [0.1, 0.15) is 0 Å². The summed E-state index contributed by atoms with van der Waals surface area (Å²) in [7, 11) is 0. The van der Waals surface area contributed by atoms with E-state index in [1.54, 1.807) is 0 Å². The molecule has 15 heavy (non-hydrogen) atoms. The molecule has 0 saturated heterocycles. The third-order valence-corrected chi connectivity index (χ3v) is 3.72. The highest BCUT2D eigenvalue weighted by Crippen LogP contribution is 2.54. The molecule has 0 aromatic carbocycles. The van der Waals surface area contributed by atoms with E-state index in [4.69, 9.17) is 18.0 Å². The average molecular weight is 226 g/mol. The predicted octanol–water partition coefficient (Wildman–Crippen LogP) is 1.21. The number of carbonyl (C=O) groups excluding carboxylic acids is 1. The number of nitrogens with one attached hydrogen (secondary N) is 1. The van der Waals surface area contributed by atoms with E-state index in [1.165, 1.54) is 6.42 Å². The largest absolute Gasteiger partial charge is 0.393 e. The minimum atomic E-state index is 0.241. The van der Waals surface area contributed by atoms with Gasteiger partial charge in [-0.25, -0.2) is 0 Å². The van der Waals surface area contributed by atoms with Crippen molar-refractivity contribution in [1.82, 2.24) is 5.32 Å².